The van der Waals surface area contributed by atoms with Crippen molar-refractivity contribution in [3.05, 3.63) is 106 Å². The Balaban J connectivity index is 2.36. The quantitative estimate of drug-likeness (QED) is 0.517. The highest BCUT2D eigenvalue weighted by Gasteiger charge is 2.24. The molecule has 0 saturated carbocycles. The maximum absolute atomic E-state index is 12.0. The fourth-order valence-corrected chi connectivity index (χ4v) is 3.96. The van der Waals surface area contributed by atoms with Gasteiger partial charge >= 0.3 is 0 Å². The van der Waals surface area contributed by atoms with Crippen molar-refractivity contribution in [2.24, 2.45) is 5.92 Å². The Bertz CT molecular complexity index is 1040. The summed E-state index contributed by atoms with van der Waals surface area (Å²) in [5.74, 6) is 0.125. The Morgan fingerprint density at radius 3 is 2.38 bits per heavy atom. The predicted octanol–water partition coefficient (Wildman–Crippen LogP) is 7.11. The largest absolute Gasteiger partial charge is 0.295 e. The van der Waals surface area contributed by atoms with Crippen LogP contribution in [0.3, 0.4) is 0 Å². The highest BCUT2D eigenvalue weighted by Crippen LogP contribution is 2.42. The summed E-state index contributed by atoms with van der Waals surface area (Å²) in [4.78, 5) is 12.0. The predicted molar refractivity (Wildman–Crippen MR) is 125 cm³/mol. The monoisotopic (exact) mass is 382 g/mol. The van der Waals surface area contributed by atoms with Gasteiger partial charge in [-0.2, -0.15) is 0 Å². The van der Waals surface area contributed by atoms with Crippen LogP contribution in [-0.2, 0) is 11.2 Å². The molecular weight excluding hydrogens is 352 g/mol. The molecular formula is C28H30O. The first-order valence-corrected chi connectivity index (χ1v) is 10.4. The van der Waals surface area contributed by atoms with Gasteiger partial charge in [-0.25, -0.2) is 0 Å². The number of hydrogen-bond acceptors (Lipinski definition) is 1. The smallest absolute Gasteiger partial charge is 0.152 e. The number of carbonyl (C=O) groups excluding carboxylic acids is 1. The first-order valence-electron chi connectivity index (χ1n) is 10.4. The SMILES string of the molecule is C=C1/C=C(/c2ccc(C)cc2)c2ccc(CC)cc2C(=C/C)/C(=C\C(C)=O)C1C. The number of hydrogen-bond donors (Lipinski definition) is 0. The van der Waals surface area contributed by atoms with Crippen LogP contribution in [-0.4, -0.2) is 5.78 Å². The summed E-state index contributed by atoms with van der Waals surface area (Å²) in [6.45, 7) is 14.5. The van der Waals surface area contributed by atoms with Crippen LogP contribution in [0.15, 0.2) is 78.4 Å². The van der Waals surface area contributed by atoms with Gasteiger partial charge in [0.2, 0.25) is 0 Å². The summed E-state index contributed by atoms with van der Waals surface area (Å²) in [7, 11) is 0. The van der Waals surface area contributed by atoms with E-state index in [-0.39, 0.29) is 11.7 Å². The molecule has 0 N–H and O–H groups in total. The van der Waals surface area contributed by atoms with Gasteiger partial charge in [0.1, 0.15) is 0 Å². The fourth-order valence-electron chi connectivity index (χ4n) is 3.96. The number of rotatable bonds is 3. The minimum Gasteiger partial charge on any atom is -0.295 e. The molecule has 0 heterocycles. The van der Waals surface area contributed by atoms with Crippen molar-refractivity contribution in [3.8, 4) is 0 Å². The van der Waals surface area contributed by atoms with Crippen LogP contribution in [0.1, 0.15) is 55.5 Å². The van der Waals surface area contributed by atoms with Crippen LogP contribution < -0.4 is 0 Å². The molecule has 1 aliphatic carbocycles. The van der Waals surface area contributed by atoms with Crippen molar-refractivity contribution in [1.29, 1.82) is 0 Å². The fraction of sp³-hybridized carbons (Fsp3) is 0.250. The lowest BCUT2D eigenvalue weighted by molar-refractivity contribution is -0.112. The van der Waals surface area contributed by atoms with E-state index in [2.05, 4.69) is 88.9 Å². The first kappa shape index (κ1) is 20.8. The van der Waals surface area contributed by atoms with E-state index in [0.29, 0.717) is 0 Å². The molecule has 0 aromatic heterocycles. The standard InChI is InChI=1S/C28H30O/c1-7-22-11-14-25-27(23-12-9-18(3)10-13-23)15-19(4)21(6)26(16-20(5)29)24(8-2)28(25)17-22/h8-17,21H,4,7H2,1-3,5-6H3/b24-8+,26-16-,27-15-. The van der Waals surface area contributed by atoms with E-state index in [1.807, 2.05) is 0 Å². The molecule has 148 valence electrons. The minimum atomic E-state index is 0.0592. The lowest BCUT2D eigenvalue weighted by Crippen LogP contribution is -2.11. The summed E-state index contributed by atoms with van der Waals surface area (Å²) in [5, 5.41) is 0. The van der Waals surface area contributed by atoms with Gasteiger partial charge in [-0.1, -0.05) is 80.6 Å². The number of fused-ring (bicyclic) bond motifs is 1. The Hall–Kier alpha value is -2.93. The van der Waals surface area contributed by atoms with Gasteiger partial charge in [0, 0.05) is 5.92 Å². The van der Waals surface area contributed by atoms with Gasteiger partial charge in [-0.3, -0.25) is 4.79 Å². The third kappa shape index (κ3) is 4.24. The van der Waals surface area contributed by atoms with Gasteiger partial charge in [0.15, 0.2) is 5.78 Å². The molecule has 0 bridgehead atoms. The summed E-state index contributed by atoms with van der Waals surface area (Å²) in [6, 6.07) is 15.4. The zero-order valence-electron chi connectivity index (χ0n) is 18.2. The zero-order valence-corrected chi connectivity index (χ0v) is 18.2. The van der Waals surface area contributed by atoms with E-state index in [1.165, 1.54) is 33.4 Å². The first-order chi connectivity index (χ1) is 13.8. The number of allylic oxidation sites excluding steroid dienone is 6. The average molecular weight is 383 g/mol. The van der Waals surface area contributed by atoms with Gasteiger partial charge < -0.3 is 0 Å². The summed E-state index contributed by atoms with van der Waals surface area (Å²) in [6.07, 6.45) is 7.08. The molecule has 1 aliphatic rings. The molecule has 0 saturated heterocycles. The van der Waals surface area contributed by atoms with Crippen LogP contribution >= 0.6 is 0 Å². The number of aryl methyl sites for hydroxylation is 2. The third-order valence-electron chi connectivity index (χ3n) is 5.75. The summed E-state index contributed by atoms with van der Waals surface area (Å²) >= 11 is 0. The molecule has 1 nitrogen and oxygen atoms in total. The lowest BCUT2D eigenvalue weighted by Gasteiger charge is -2.27. The molecule has 3 rings (SSSR count). The van der Waals surface area contributed by atoms with Crippen molar-refractivity contribution < 1.29 is 4.79 Å². The lowest BCUT2D eigenvalue weighted by atomic mass is 9.77. The molecule has 1 atom stereocenters. The van der Waals surface area contributed by atoms with Crippen LogP contribution in [0, 0.1) is 12.8 Å². The molecule has 1 heteroatoms. The molecule has 2 aromatic carbocycles. The Morgan fingerprint density at radius 2 is 1.79 bits per heavy atom. The Morgan fingerprint density at radius 1 is 1.10 bits per heavy atom. The number of benzene rings is 2. The maximum Gasteiger partial charge on any atom is 0.152 e. The molecule has 0 aliphatic heterocycles. The Kier molecular flexibility index (Phi) is 6.17. The molecule has 0 radical (unpaired) electrons. The highest BCUT2D eigenvalue weighted by atomic mass is 16.1. The summed E-state index contributed by atoms with van der Waals surface area (Å²) in [5.41, 5.74) is 10.4. The molecule has 0 spiro atoms. The average Bonchev–Trinajstić information content (AvgIpc) is 2.71. The number of carbonyl (C=O) groups is 1. The van der Waals surface area contributed by atoms with Crippen LogP contribution in [0.2, 0.25) is 0 Å². The van der Waals surface area contributed by atoms with Crippen molar-refractivity contribution in [2.45, 2.75) is 41.0 Å². The van der Waals surface area contributed by atoms with Crippen molar-refractivity contribution >= 4 is 16.9 Å². The maximum atomic E-state index is 12.0. The topological polar surface area (TPSA) is 17.1 Å². The second-order valence-electron chi connectivity index (χ2n) is 7.87. The summed E-state index contributed by atoms with van der Waals surface area (Å²) < 4.78 is 0. The van der Waals surface area contributed by atoms with Crippen molar-refractivity contribution in [1.82, 2.24) is 0 Å². The minimum absolute atomic E-state index is 0.0592. The van der Waals surface area contributed by atoms with E-state index in [1.54, 1.807) is 13.0 Å². The van der Waals surface area contributed by atoms with E-state index < -0.39 is 0 Å². The van der Waals surface area contributed by atoms with Crippen LogP contribution in [0.5, 0.6) is 0 Å². The molecule has 1 unspecified atom stereocenters. The molecule has 0 fully saturated rings. The van der Waals surface area contributed by atoms with Crippen molar-refractivity contribution in [3.63, 3.8) is 0 Å². The Labute approximate surface area is 175 Å². The van der Waals surface area contributed by atoms with Gasteiger partial charge in [-0.05, 0) is 77.8 Å². The van der Waals surface area contributed by atoms with E-state index in [9.17, 15) is 4.79 Å². The third-order valence-corrected chi connectivity index (χ3v) is 5.75. The highest BCUT2D eigenvalue weighted by molar-refractivity contribution is 5.98. The van der Waals surface area contributed by atoms with Crippen molar-refractivity contribution in [2.75, 3.05) is 0 Å². The van der Waals surface area contributed by atoms with Gasteiger partial charge in [-0.15, -0.1) is 0 Å². The number of ketones is 1. The van der Waals surface area contributed by atoms with Crippen LogP contribution in [0.25, 0.3) is 11.1 Å². The molecule has 0 amide bonds. The van der Waals surface area contributed by atoms with E-state index >= 15 is 0 Å². The van der Waals surface area contributed by atoms with Gasteiger partial charge in [0.05, 0.1) is 0 Å². The normalized spacial score (nSPS) is 21.3. The second-order valence-corrected chi connectivity index (χ2v) is 7.87. The van der Waals surface area contributed by atoms with E-state index in [0.717, 1.165) is 23.1 Å². The van der Waals surface area contributed by atoms with Gasteiger partial charge in [0.25, 0.3) is 0 Å². The molecule has 2 aromatic rings. The second kappa shape index (κ2) is 8.61. The zero-order chi connectivity index (χ0) is 21.1. The molecule has 29 heavy (non-hydrogen) atoms. The van der Waals surface area contributed by atoms with E-state index in [4.69, 9.17) is 0 Å². The van der Waals surface area contributed by atoms with Crippen LogP contribution in [0.4, 0.5) is 0 Å².